The van der Waals surface area contributed by atoms with Crippen LogP contribution in [0.4, 0.5) is 10.1 Å². The van der Waals surface area contributed by atoms with E-state index in [2.05, 4.69) is 5.10 Å². The fraction of sp³-hybridized carbons (Fsp3) is 0.176. The molecule has 1 aromatic heterocycles. The van der Waals surface area contributed by atoms with Crippen LogP contribution < -0.4 is 4.90 Å². The van der Waals surface area contributed by atoms with Crippen molar-refractivity contribution in [1.82, 2.24) is 9.78 Å². The summed E-state index contributed by atoms with van der Waals surface area (Å²) >= 11 is 0. The molecule has 0 spiro atoms. The number of hydrogen-bond donors (Lipinski definition) is 1. The Morgan fingerprint density at radius 2 is 1.91 bits per heavy atom. The average molecular weight is 313 g/mol. The Morgan fingerprint density at radius 3 is 2.52 bits per heavy atom. The van der Waals surface area contributed by atoms with Gasteiger partial charge < -0.3 is 10.0 Å². The summed E-state index contributed by atoms with van der Waals surface area (Å²) < 4.78 is 14.7. The first-order valence-corrected chi connectivity index (χ1v) is 7.12. The topological polar surface area (TPSA) is 58.4 Å². The van der Waals surface area contributed by atoms with Crippen molar-refractivity contribution in [1.29, 1.82) is 0 Å². The number of rotatable bonds is 4. The molecule has 0 bridgehead atoms. The second kappa shape index (κ2) is 5.72. The van der Waals surface area contributed by atoms with Gasteiger partial charge in [-0.3, -0.25) is 4.68 Å². The van der Waals surface area contributed by atoms with Gasteiger partial charge in [-0.25, -0.2) is 9.18 Å². The van der Waals surface area contributed by atoms with Crippen LogP contribution in [-0.4, -0.2) is 35.0 Å². The number of nitrogens with zero attached hydrogens (tertiary/aromatic N) is 3. The fourth-order valence-corrected chi connectivity index (χ4v) is 2.62. The maximum atomic E-state index is 13.0. The van der Waals surface area contributed by atoms with Gasteiger partial charge in [0.25, 0.3) is 0 Å². The summed E-state index contributed by atoms with van der Waals surface area (Å²) in [5.41, 5.74) is 2.40. The van der Waals surface area contributed by atoms with Gasteiger partial charge in [-0.15, -0.1) is 0 Å². The van der Waals surface area contributed by atoms with E-state index >= 15 is 0 Å². The minimum Gasteiger partial charge on any atom is -0.476 e. The van der Waals surface area contributed by atoms with E-state index < -0.39 is 5.97 Å². The van der Waals surface area contributed by atoms with Gasteiger partial charge in [0.15, 0.2) is 5.69 Å². The minimum absolute atomic E-state index is 0.0198. The van der Waals surface area contributed by atoms with Crippen LogP contribution in [0.15, 0.2) is 42.5 Å². The molecule has 0 unspecified atom stereocenters. The van der Waals surface area contributed by atoms with Crippen LogP contribution >= 0.6 is 0 Å². The van der Waals surface area contributed by atoms with Gasteiger partial charge in [0.2, 0.25) is 0 Å². The lowest BCUT2D eigenvalue weighted by atomic mass is 10.1. The van der Waals surface area contributed by atoms with Gasteiger partial charge in [0.05, 0.1) is 17.4 Å². The lowest BCUT2D eigenvalue weighted by Crippen LogP contribution is -2.10. The summed E-state index contributed by atoms with van der Waals surface area (Å²) in [6.07, 6.45) is 0. The first-order chi connectivity index (χ1) is 11.0. The lowest BCUT2D eigenvalue weighted by molar-refractivity contribution is 0.0691. The van der Waals surface area contributed by atoms with E-state index in [0.29, 0.717) is 11.9 Å². The Kier molecular flexibility index (Phi) is 3.73. The number of carboxylic acid groups (broad SMARTS) is 1. The lowest BCUT2D eigenvalue weighted by Gasteiger charge is -2.14. The highest BCUT2D eigenvalue weighted by Gasteiger charge is 2.20. The maximum absolute atomic E-state index is 13.0. The quantitative estimate of drug-likeness (QED) is 0.804. The third-order valence-corrected chi connectivity index (χ3v) is 3.69. The van der Waals surface area contributed by atoms with Crippen molar-refractivity contribution in [2.24, 2.45) is 0 Å². The standard InChI is InChI=1S/C17H16FN3O2/c1-20(2)13-4-3-5-14-15(13)16(17(22)23)19-21(14)10-11-6-8-12(18)9-7-11/h3-9H,10H2,1-2H3,(H,22,23). The van der Waals surface area contributed by atoms with Crippen molar-refractivity contribution in [2.45, 2.75) is 6.54 Å². The number of halogens is 1. The van der Waals surface area contributed by atoms with Crippen LogP contribution in [0.3, 0.4) is 0 Å². The van der Waals surface area contributed by atoms with E-state index in [4.69, 9.17) is 0 Å². The Morgan fingerprint density at radius 1 is 1.22 bits per heavy atom. The van der Waals surface area contributed by atoms with Crippen LogP contribution in [0.25, 0.3) is 10.9 Å². The third kappa shape index (κ3) is 2.75. The molecule has 0 atom stereocenters. The highest BCUT2D eigenvalue weighted by molar-refractivity contribution is 6.07. The minimum atomic E-state index is -1.07. The SMILES string of the molecule is CN(C)c1cccc2c1c(C(=O)O)nn2Cc1ccc(F)cc1. The molecule has 5 nitrogen and oxygen atoms in total. The average Bonchev–Trinajstić information content (AvgIpc) is 2.88. The van der Waals surface area contributed by atoms with E-state index in [0.717, 1.165) is 16.8 Å². The van der Waals surface area contributed by atoms with E-state index in [9.17, 15) is 14.3 Å². The number of fused-ring (bicyclic) bond motifs is 1. The van der Waals surface area contributed by atoms with Gasteiger partial charge in [0, 0.05) is 19.8 Å². The molecule has 0 aliphatic heterocycles. The summed E-state index contributed by atoms with van der Waals surface area (Å²) in [5.74, 6) is -1.37. The molecule has 0 amide bonds. The molecular formula is C17H16FN3O2. The summed E-state index contributed by atoms with van der Waals surface area (Å²) in [4.78, 5) is 13.4. The normalized spacial score (nSPS) is 10.9. The zero-order valence-corrected chi connectivity index (χ0v) is 12.8. The molecule has 0 aliphatic rings. The third-order valence-electron chi connectivity index (χ3n) is 3.69. The second-order valence-electron chi connectivity index (χ2n) is 5.50. The summed E-state index contributed by atoms with van der Waals surface area (Å²) in [5, 5.41) is 14.3. The molecule has 0 radical (unpaired) electrons. The molecule has 0 fully saturated rings. The fourth-order valence-electron chi connectivity index (χ4n) is 2.62. The van der Waals surface area contributed by atoms with Crippen LogP contribution in [0.5, 0.6) is 0 Å². The monoisotopic (exact) mass is 313 g/mol. The molecule has 3 aromatic rings. The number of hydrogen-bond acceptors (Lipinski definition) is 3. The number of carboxylic acids is 1. The highest BCUT2D eigenvalue weighted by atomic mass is 19.1. The molecule has 2 aromatic carbocycles. The van der Waals surface area contributed by atoms with E-state index in [1.165, 1.54) is 12.1 Å². The van der Waals surface area contributed by atoms with Crippen molar-refractivity contribution in [3.05, 3.63) is 59.5 Å². The maximum Gasteiger partial charge on any atom is 0.357 e. The molecule has 6 heteroatoms. The van der Waals surface area contributed by atoms with Crippen LogP contribution in [-0.2, 0) is 6.54 Å². The zero-order chi connectivity index (χ0) is 16.6. The summed E-state index contributed by atoms with van der Waals surface area (Å²) in [7, 11) is 3.72. The number of anilines is 1. The van der Waals surface area contributed by atoms with Crippen molar-refractivity contribution >= 4 is 22.6 Å². The van der Waals surface area contributed by atoms with Gasteiger partial charge in [0.1, 0.15) is 5.82 Å². The predicted octanol–water partition coefficient (Wildman–Crippen LogP) is 2.99. The summed E-state index contributed by atoms with van der Waals surface area (Å²) in [6.45, 7) is 0.376. The van der Waals surface area contributed by atoms with Crippen LogP contribution in [0.1, 0.15) is 16.1 Å². The molecule has 1 N–H and O–H groups in total. The molecule has 3 rings (SSSR count). The van der Waals surface area contributed by atoms with Gasteiger partial charge in [-0.05, 0) is 29.8 Å². The van der Waals surface area contributed by atoms with Crippen LogP contribution in [0.2, 0.25) is 0 Å². The zero-order valence-electron chi connectivity index (χ0n) is 12.8. The van der Waals surface area contributed by atoms with Gasteiger partial charge in [-0.1, -0.05) is 18.2 Å². The second-order valence-corrected chi connectivity index (χ2v) is 5.50. The van der Waals surface area contributed by atoms with Crippen molar-refractivity contribution < 1.29 is 14.3 Å². The molecule has 118 valence electrons. The Hall–Kier alpha value is -2.89. The molecule has 0 aliphatic carbocycles. The van der Waals surface area contributed by atoms with Crippen molar-refractivity contribution in [3.8, 4) is 0 Å². The van der Waals surface area contributed by atoms with Gasteiger partial charge >= 0.3 is 5.97 Å². The number of benzene rings is 2. The first-order valence-electron chi connectivity index (χ1n) is 7.12. The van der Waals surface area contributed by atoms with E-state index in [1.807, 2.05) is 37.2 Å². The number of carbonyl (C=O) groups is 1. The predicted molar refractivity (Wildman–Crippen MR) is 86.5 cm³/mol. The molecule has 1 heterocycles. The van der Waals surface area contributed by atoms with Crippen molar-refractivity contribution in [3.63, 3.8) is 0 Å². The number of aromatic nitrogens is 2. The van der Waals surface area contributed by atoms with Gasteiger partial charge in [-0.2, -0.15) is 5.10 Å². The molecule has 0 saturated heterocycles. The Balaban J connectivity index is 2.16. The summed E-state index contributed by atoms with van der Waals surface area (Å²) in [6, 6.07) is 11.7. The van der Waals surface area contributed by atoms with E-state index in [-0.39, 0.29) is 11.5 Å². The van der Waals surface area contributed by atoms with Crippen molar-refractivity contribution in [2.75, 3.05) is 19.0 Å². The first kappa shape index (κ1) is 15.0. The molecule has 23 heavy (non-hydrogen) atoms. The largest absolute Gasteiger partial charge is 0.476 e. The Bertz CT molecular complexity index is 869. The van der Waals surface area contributed by atoms with Crippen LogP contribution in [0, 0.1) is 5.82 Å². The molecule has 0 saturated carbocycles. The molecular weight excluding hydrogens is 297 g/mol. The van der Waals surface area contributed by atoms with E-state index in [1.54, 1.807) is 16.8 Å². The highest BCUT2D eigenvalue weighted by Crippen LogP contribution is 2.29. The smallest absolute Gasteiger partial charge is 0.357 e. The number of aromatic carboxylic acids is 1. The Labute approximate surface area is 132 Å².